The van der Waals surface area contributed by atoms with Gasteiger partial charge in [-0.05, 0) is 29.8 Å². The molecule has 0 saturated carbocycles. The van der Waals surface area contributed by atoms with Crippen LogP contribution in [0.2, 0.25) is 0 Å². The number of halogens is 2. The van der Waals surface area contributed by atoms with E-state index in [4.69, 9.17) is 15.9 Å². The zero-order valence-electron chi connectivity index (χ0n) is 10.1. The first-order valence-corrected chi connectivity index (χ1v) is 6.27. The van der Waals surface area contributed by atoms with Crippen LogP contribution in [0, 0.1) is 5.41 Å². The summed E-state index contributed by atoms with van der Waals surface area (Å²) >= 11 is 3.39. The van der Waals surface area contributed by atoms with Gasteiger partial charge in [0.2, 0.25) is 0 Å². The average molecular weight is 342 g/mol. The van der Waals surface area contributed by atoms with Crippen LogP contribution >= 0.6 is 28.3 Å². The van der Waals surface area contributed by atoms with Gasteiger partial charge in [-0.3, -0.25) is 5.41 Å². The lowest BCUT2D eigenvalue weighted by atomic mass is 10.2. The first-order chi connectivity index (χ1) is 8.66. The number of rotatable bonds is 4. The Labute approximate surface area is 126 Å². The Morgan fingerprint density at radius 3 is 2.37 bits per heavy atom. The van der Waals surface area contributed by atoms with Gasteiger partial charge in [-0.25, -0.2) is 0 Å². The van der Waals surface area contributed by atoms with E-state index < -0.39 is 0 Å². The van der Waals surface area contributed by atoms with Crippen LogP contribution in [0.3, 0.4) is 0 Å². The van der Waals surface area contributed by atoms with E-state index in [1.54, 1.807) is 6.07 Å². The molecule has 3 N–H and O–H groups in total. The van der Waals surface area contributed by atoms with Gasteiger partial charge < -0.3 is 10.5 Å². The summed E-state index contributed by atoms with van der Waals surface area (Å²) in [5.41, 5.74) is 7.19. The molecule has 2 aromatic carbocycles. The molecule has 100 valence electrons. The molecule has 0 heterocycles. The fourth-order valence-electron chi connectivity index (χ4n) is 1.56. The third kappa shape index (κ3) is 4.26. The van der Waals surface area contributed by atoms with Crippen LogP contribution in [0.5, 0.6) is 5.75 Å². The maximum absolute atomic E-state index is 7.48. The third-order valence-corrected chi connectivity index (χ3v) is 3.01. The molecule has 0 atom stereocenters. The van der Waals surface area contributed by atoms with Gasteiger partial charge in [0.15, 0.2) is 0 Å². The molecule has 0 amide bonds. The lowest BCUT2D eigenvalue weighted by molar-refractivity contribution is 0.305. The number of hydrogen-bond acceptors (Lipinski definition) is 2. The summed E-state index contributed by atoms with van der Waals surface area (Å²) < 4.78 is 6.73. The second kappa shape index (κ2) is 7.16. The normalized spacial score (nSPS) is 9.53. The van der Waals surface area contributed by atoms with Gasteiger partial charge in [0.25, 0.3) is 0 Å². The minimum absolute atomic E-state index is 0. The van der Waals surface area contributed by atoms with Gasteiger partial charge >= 0.3 is 0 Å². The smallest absolute Gasteiger partial charge is 0.130 e. The van der Waals surface area contributed by atoms with Crippen molar-refractivity contribution in [2.75, 3.05) is 0 Å². The van der Waals surface area contributed by atoms with E-state index in [2.05, 4.69) is 15.9 Å². The number of nitrogen functional groups attached to an aromatic ring is 1. The summed E-state index contributed by atoms with van der Waals surface area (Å²) in [7, 11) is 0. The number of hydrogen-bond donors (Lipinski definition) is 2. The van der Waals surface area contributed by atoms with E-state index >= 15 is 0 Å². The number of benzene rings is 2. The Bertz CT molecular complexity index is 558. The Morgan fingerprint density at radius 2 is 1.74 bits per heavy atom. The topological polar surface area (TPSA) is 59.1 Å². The van der Waals surface area contributed by atoms with E-state index in [-0.39, 0.29) is 18.2 Å². The molecule has 0 fully saturated rings. The minimum atomic E-state index is 0. The van der Waals surface area contributed by atoms with Gasteiger partial charge in [-0.1, -0.05) is 40.2 Å². The zero-order chi connectivity index (χ0) is 13.0. The highest BCUT2D eigenvalue weighted by atomic mass is 79.9. The van der Waals surface area contributed by atoms with E-state index in [9.17, 15) is 0 Å². The Morgan fingerprint density at radius 1 is 1.11 bits per heavy atom. The lowest BCUT2D eigenvalue weighted by Crippen LogP contribution is -2.12. The lowest BCUT2D eigenvalue weighted by Gasteiger charge is -2.10. The number of ether oxygens (including phenoxy) is 1. The van der Waals surface area contributed by atoms with Crippen molar-refractivity contribution >= 4 is 34.2 Å². The van der Waals surface area contributed by atoms with E-state index in [1.165, 1.54) is 0 Å². The molecule has 0 aliphatic rings. The molecule has 0 aliphatic heterocycles. The van der Waals surface area contributed by atoms with E-state index in [0.717, 1.165) is 10.0 Å². The van der Waals surface area contributed by atoms with Gasteiger partial charge in [0.05, 0.1) is 5.56 Å². The van der Waals surface area contributed by atoms with Crippen LogP contribution < -0.4 is 10.5 Å². The summed E-state index contributed by atoms with van der Waals surface area (Å²) in [5, 5.41) is 7.48. The maximum atomic E-state index is 7.48. The van der Waals surface area contributed by atoms with Crippen LogP contribution in [-0.2, 0) is 6.61 Å². The van der Waals surface area contributed by atoms with Crippen LogP contribution in [0.25, 0.3) is 0 Å². The number of nitrogens with one attached hydrogen (secondary N) is 1. The number of para-hydroxylation sites is 1. The van der Waals surface area contributed by atoms with E-state index in [1.807, 2.05) is 42.5 Å². The van der Waals surface area contributed by atoms with Crippen LogP contribution in [0.1, 0.15) is 11.1 Å². The fourth-order valence-corrected chi connectivity index (χ4v) is 1.82. The molecule has 5 heteroatoms. The van der Waals surface area contributed by atoms with Gasteiger partial charge in [0, 0.05) is 4.47 Å². The van der Waals surface area contributed by atoms with Crippen molar-refractivity contribution in [3.8, 4) is 5.75 Å². The monoisotopic (exact) mass is 340 g/mol. The SMILES string of the molecule is Cl.N=C(N)c1ccccc1OCc1ccc(Br)cc1. The molecule has 0 aromatic heterocycles. The molecule has 3 nitrogen and oxygen atoms in total. The van der Waals surface area contributed by atoms with Crippen LogP contribution in [0.15, 0.2) is 53.0 Å². The molecule has 0 unspecified atom stereocenters. The molecule has 19 heavy (non-hydrogen) atoms. The molecular formula is C14H14BrClN2O. The second-order valence-corrected chi connectivity index (χ2v) is 4.74. The molecule has 0 saturated heterocycles. The van der Waals surface area contributed by atoms with Gasteiger partial charge in [0.1, 0.15) is 18.2 Å². The number of amidine groups is 1. The highest BCUT2D eigenvalue weighted by Crippen LogP contribution is 2.19. The molecule has 2 rings (SSSR count). The summed E-state index contributed by atoms with van der Waals surface area (Å²) in [6.07, 6.45) is 0. The largest absolute Gasteiger partial charge is 0.488 e. The highest BCUT2D eigenvalue weighted by Gasteiger charge is 2.05. The Hall–Kier alpha value is -1.52. The fraction of sp³-hybridized carbons (Fsp3) is 0.0714. The minimum Gasteiger partial charge on any atom is -0.488 e. The van der Waals surface area contributed by atoms with Crippen molar-refractivity contribution in [2.24, 2.45) is 5.73 Å². The Balaban J connectivity index is 0.00000180. The second-order valence-electron chi connectivity index (χ2n) is 3.82. The van der Waals surface area contributed by atoms with Crippen LogP contribution in [0.4, 0.5) is 0 Å². The van der Waals surface area contributed by atoms with Crippen molar-refractivity contribution in [1.29, 1.82) is 5.41 Å². The average Bonchev–Trinajstić information content (AvgIpc) is 2.38. The molecule has 2 aromatic rings. The maximum Gasteiger partial charge on any atom is 0.130 e. The predicted molar refractivity (Wildman–Crippen MR) is 83.2 cm³/mol. The first kappa shape index (κ1) is 15.5. The molecular weight excluding hydrogens is 328 g/mol. The predicted octanol–water partition coefficient (Wildman–Crippen LogP) is 3.73. The molecule has 0 radical (unpaired) electrons. The standard InChI is InChI=1S/C14H13BrN2O.ClH/c15-11-7-5-10(6-8-11)9-18-13-4-2-1-3-12(13)14(16)17;/h1-8H,9H2,(H3,16,17);1H. The zero-order valence-corrected chi connectivity index (χ0v) is 12.5. The molecule has 0 aliphatic carbocycles. The molecule has 0 bridgehead atoms. The molecule has 0 spiro atoms. The summed E-state index contributed by atoms with van der Waals surface area (Å²) in [6, 6.07) is 15.2. The summed E-state index contributed by atoms with van der Waals surface area (Å²) in [6.45, 7) is 0.456. The number of nitrogens with two attached hydrogens (primary N) is 1. The van der Waals surface area contributed by atoms with E-state index in [0.29, 0.717) is 17.9 Å². The summed E-state index contributed by atoms with van der Waals surface area (Å²) in [5.74, 6) is 0.648. The van der Waals surface area contributed by atoms with Gasteiger partial charge in [-0.2, -0.15) is 0 Å². The first-order valence-electron chi connectivity index (χ1n) is 5.47. The quantitative estimate of drug-likeness (QED) is 0.657. The van der Waals surface area contributed by atoms with Crippen molar-refractivity contribution in [3.63, 3.8) is 0 Å². The van der Waals surface area contributed by atoms with Gasteiger partial charge in [-0.15, -0.1) is 12.4 Å². The van der Waals surface area contributed by atoms with Crippen molar-refractivity contribution in [1.82, 2.24) is 0 Å². The van der Waals surface area contributed by atoms with Crippen molar-refractivity contribution < 1.29 is 4.74 Å². The highest BCUT2D eigenvalue weighted by molar-refractivity contribution is 9.10. The van der Waals surface area contributed by atoms with Crippen molar-refractivity contribution in [3.05, 3.63) is 64.1 Å². The third-order valence-electron chi connectivity index (χ3n) is 2.48. The Kier molecular flexibility index (Phi) is 5.86. The summed E-state index contributed by atoms with van der Waals surface area (Å²) in [4.78, 5) is 0. The van der Waals surface area contributed by atoms with Crippen LogP contribution in [-0.4, -0.2) is 5.84 Å². The van der Waals surface area contributed by atoms with Crippen molar-refractivity contribution in [2.45, 2.75) is 6.61 Å².